The molecule has 72 heavy (non-hydrogen) atoms. The Kier molecular flexibility index (Phi) is 56.8. The van der Waals surface area contributed by atoms with Gasteiger partial charge in [-0.25, -0.2) is 0 Å². The number of carbonyl (C=O) groups excluding carboxylic acids is 3. The Bertz CT molecular complexity index is 1430. The highest BCUT2D eigenvalue weighted by Gasteiger charge is 2.19. The van der Waals surface area contributed by atoms with E-state index < -0.39 is 6.10 Å². The van der Waals surface area contributed by atoms with Gasteiger partial charge in [-0.15, -0.1) is 0 Å². The molecule has 0 aromatic heterocycles. The smallest absolute Gasteiger partial charge is 0.306 e. The van der Waals surface area contributed by atoms with Crippen molar-refractivity contribution in [2.75, 3.05) is 13.2 Å². The number of ether oxygens (including phenoxy) is 3. The molecule has 0 amide bonds. The lowest BCUT2D eigenvalue weighted by atomic mass is 10.0. The van der Waals surface area contributed by atoms with Gasteiger partial charge in [-0.3, -0.25) is 14.4 Å². The molecule has 6 heteroatoms. The molecule has 0 saturated heterocycles. The summed E-state index contributed by atoms with van der Waals surface area (Å²) >= 11 is 0. The molecule has 1 atom stereocenters. The van der Waals surface area contributed by atoms with Crippen LogP contribution in [0.3, 0.4) is 0 Å². The largest absolute Gasteiger partial charge is 0.462 e. The fourth-order valence-corrected chi connectivity index (χ4v) is 8.29. The van der Waals surface area contributed by atoms with E-state index in [4.69, 9.17) is 14.2 Å². The second-order valence-electron chi connectivity index (χ2n) is 19.9. The molecule has 0 fully saturated rings. The zero-order chi connectivity index (χ0) is 52.2. The molecule has 0 bridgehead atoms. The van der Waals surface area contributed by atoms with Crippen molar-refractivity contribution in [1.29, 1.82) is 0 Å². The average molecular weight is 1000 g/mol. The van der Waals surface area contributed by atoms with Crippen LogP contribution in [-0.4, -0.2) is 37.2 Å². The Morgan fingerprint density at radius 3 is 0.889 bits per heavy atom. The number of esters is 3. The monoisotopic (exact) mass is 1000 g/mol. The minimum absolute atomic E-state index is 0.0879. The second kappa shape index (κ2) is 59.9. The van der Waals surface area contributed by atoms with Gasteiger partial charge in [0.25, 0.3) is 0 Å². The van der Waals surface area contributed by atoms with Crippen molar-refractivity contribution in [3.05, 3.63) is 97.2 Å². The maximum Gasteiger partial charge on any atom is 0.306 e. The molecule has 0 aromatic carbocycles. The number of hydrogen-bond acceptors (Lipinski definition) is 6. The molecule has 0 heterocycles. The van der Waals surface area contributed by atoms with Gasteiger partial charge < -0.3 is 14.2 Å². The van der Waals surface area contributed by atoms with E-state index in [1.165, 1.54) is 109 Å². The van der Waals surface area contributed by atoms with E-state index in [2.05, 4.69) is 118 Å². The van der Waals surface area contributed by atoms with Crippen molar-refractivity contribution in [2.45, 2.75) is 290 Å². The molecule has 0 spiro atoms. The third-order valence-corrected chi connectivity index (χ3v) is 12.8. The minimum atomic E-state index is -0.789. The van der Waals surface area contributed by atoms with Crippen LogP contribution in [0.2, 0.25) is 0 Å². The van der Waals surface area contributed by atoms with Gasteiger partial charge in [0.05, 0.1) is 0 Å². The fraction of sp³-hybridized carbons (Fsp3) is 0.712. The molecule has 6 nitrogen and oxygen atoms in total. The van der Waals surface area contributed by atoms with E-state index in [-0.39, 0.29) is 31.1 Å². The van der Waals surface area contributed by atoms with Crippen molar-refractivity contribution in [3.8, 4) is 0 Å². The number of allylic oxidation sites excluding steroid dienone is 16. The van der Waals surface area contributed by atoms with E-state index in [0.29, 0.717) is 19.3 Å². The van der Waals surface area contributed by atoms with Crippen LogP contribution in [-0.2, 0) is 28.6 Å². The quantitative estimate of drug-likeness (QED) is 0.0261. The van der Waals surface area contributed by atoms with Gasteiger partial charge in [-0.05, 0) is 96.3 Å². The Morgan fingerprint density at radius 1 is 0.292 bits per heavy atom. The zero-order valence-corrected chi connectivity index (χ0v) is 47.2. The van der Waals surface area contributed by atoms with Gasteiger partial charge in [0.2, 0.25) is 0 Å². The first kappa shape index (κ1) is 68.3. The number of carbonyl (C=O) groups is 3. The highest BCUT2D eigenvalue weighted by molar-refractivity contribution is 5.71. The van der Waals surface area contributed by atoms with Crippen molar-refractivity contribution in [2.24, 2.45) is 0 Å². The predicted octanol–water partition coefficient (Wildman–Crippen LogP) is 20.5. The van der Waals surface area contributed by atoms with Crippen LogP contribution in [0.1, 0.15) is 284 Å². The van der Waals surface area contributed by atoms with Crippen LogP contribution in [0, 0.1) is 0 Å². The summed E-state index contributed by atoms with van der Waals surface area (Å²) in [5.41, 5.74) is 0. The number of unbranched alkanes of at least 4 members (excludes halogenated alkanes) is 27. The zero-order valence-electron chi connectivity index (χ0n) is 47.2. The normalized spacial score (nSPS) is 12.8. The minimum Gasteiger partial charge on any atom is -0.462 e. The van der Waals surface area contributed by atoms with Crippen molar-refractivity contribution < 1.29 is 28.6 Å². The van der Waals surface area contributed by atoms with Crippen LogP contribution >= 0.6 is 0 Å². The molecule has 0 N–H and O–H groups in total. The molecule has 0 aliphatic carbocycles. The van der Waals surface area contributed by atoms with Crippen molar-refractivity contribution in [3.63, 3.8) is 0 Å². The summed E-state index contributed by atoms with van der Waals surface area (Å²) in [6, 6.07) is 0. The number of hydrogen-bond donors (Lipinski definition) is 0. The van der Waals surface area contributed by atoms with E-state index in [1.54, 1.807) is 0 Å². The lowest BCUT2D eigenvalue weighted by molar-refractivity contribution is -0.167. The molecular weight excluding hydrogens is 889 g/mol. The molecular formula is C66H112O6. The standard InChI is InChI=1S/C66H112O6/c1-4-7-10-13-16-19-22-25-28-29-30-31-32-33-34-35-36-37-39-41-44-47-50-53-56-59-65(68)71-62-63(61-70-64(67)58-55-52-49-46-43-40-27-24-21-18-15-12-9-6-3)72-66(69)60-57-54-51-48-45-42-38-26-23-20-17-14-11-8-5-2/h7,10,15-16,18-19,24-25,27-28,30-31,33-34,36-37,63H,4-6,8-9,11-14,17,20-23,26,29,32,35,38-62H2,1-3H3/b10-7-,18-15-,19-16-,27-24-,28-25-,31-30-,34-33-,37-36-. The van der Waals surface area contributed by atoms with Gasteiger partial charge in [-0.1, -0.05) is 266 Å². The Labute approximate surface area is 445 Å². The second-order valence-corrected chi connectivity index (χ2v) is 19.9. The highest BCUT2D eigenvalue weighted by Crippen LogP contribution is 2.16. The Hall–Kier alpha value is -3.67. The summed E-state index contributed by atoms with van der Waals surface area (Å²) in [5.74, 6) is -0.907. The van der Waals surface area contributed by atoms with Crippen LogP contribution in [0.15, 0.2) is 97.2 Å². The summed E-state index contributed by atoms with van der Waals surface area (Å²) in [4.78, 5) is 38.2. The fourth-order valence-electron chi connectivity index (χ4n) is 8.29. The molecule has 1 unspecified atom stereocenters. The van der Waals surface area contributed by atoms with Gasteiger partial charge in [-0.2, -0.15) is 0 Å². The first-order valence-corrected chi connectivity index (χ1v) is 30.2. The molecule has 0 saturated carbocycles. The average Bonchev–Trinajstić information content (AvgIpc) is 3.38. The van der Waals surface area contributed by atoms with E-state index in [1.807, 2.05) is 0 Å². The van der Waals surface area contributed by atoms with Crippen LogP contribution in [0.4, 0.5) is 0 Å². The van der Waals surface area contributed by atoms with Gasteiger partial charge in [0, 0.05) is 19.3 Å². The molecule has 0 aliphatic rings. The Morgan fingerprint density at radius 2 is 0.556 bits per heavy atom. The van der Waals surface area contributed by atoms with E-state index in [9.17, 15) is 14.4 Å². The first-order valence-electron chi connectivity index (χ1n) is 30.2. The molecule has 0 rings (SSSR count). The summed E-state index contributed by atoms with van der Waals surface area (Å²) in [6.45, 7) is 6.48. The van der Waals surface area contributed by atoms with Crippen molar-refractivity contribution in [1.82, 2.24) is 0 Å². The van der Waals surface area contributed by atoms with Crippen LogP contribution in [0.5, 0.6) is 0 Å². The first-order chi connectivity index (χ1) is 35.5. The number of rotatable bonds is 54. The van der Waals surface area contributed by atoms with Gasteiger partial charge in [0.15, 0.2) is 6.10 Å². The maximum atomic E-state index is 12.9. The summed E-state index contributed by atoms with van der Waals surface area (Å²) < 4.78 is 16.9. The summed E-state index contributed by atoms with van der Waals surface area (Å²) in [5, 5.41) is 0. The van der Waals surface area contributed by atoms with E-state index in [0.717, 1.165) is 135 Å². The molecule has 0 radical (unpaired) electrons. The lowest BCUT2D eigenvalue weighted by Crippen LogP contribution is -2.30. The predicted molar refractivity (Wildman–Crippen MR) is 311 cm³/mol. The maximum absolute atomic E-state index is 12.9. The molecule has 0 aliphatic heterocycles. The van der Waals surface area contributed by atoms with Crippen LogP contribution < -0.4 is 0 Å². The van der Waals surface area contributed by atoms with E-state index >= 15 is 0 Å². The topological polar surface area (TPSA) is 78.9 Å². The van der Waals surface area contributed by atoms with Crippen molar-refractivity contribution >= 4 is 17.9 Å². The summed E-state index contributed by atoms with van der Waals surface area (Å²) in [7, 11) is 0. The van der Waals surface area contributed by atoms with Crippen LogP contribution in [0.25, 0.3) is 0 Å². The molecule has 0 aromatic rings. The third-order valence-electron chi connectivity index (χ3n) is 12.8. The lowest BCUT2D eigenvalue weighted by Gasteiger charge is -2.18. The summed E-state index contributed by atoms with van der Waals surface area (Å²) in [6.07, 6.45) is 79.7. The third kappa shape index (κ3) is 57.2. The Balaban J connectivity index is 4.37. The van der Waals surface area contributed by atoms with Gasteiger partial charge in [0.1, 0.15) is 13.2 Å². The SMILES string of the molecule is CC/C=C\C/C=C\C/C=C\C/C=C\C/C=C\C/C=C\CCCCCCCCC(=O)OCC(COC(=O)CCCCCCC/C=C\C/C=C\CCCC)OC(=O)CCCCCCCCCCCCCCCCC. The molecule has 412 valence electrons. The van der Waals surface area contributed by atoms with Gasteiger partial charge >= 0.3 is 17.9 Å². The highest BCUT2D eigenvalue weighted by atomic mass is 16.6.